The lowest BCUT2D eigenvalue weighted by molar-refractivity contribution is 0.225. The molecule has 1 aliphatic rings. The van der Waals surface area contributed by atoms with Gasteiger partial charge in [-0.25, -0.2) is 0 Å². The summed E-state index contributed by atoms with van der Waals surface area (Å²) in [7, 11) is 0. The molecule has 0 radical (unpaired) electrons. The Balaban J connectivity index is 2.35. The van der Waals surface area contributed by atoms with Crippen molar-refractivity contribution in [3.63, 3.8) is 0 Å². The van der Waals surface area contributed by atoms with Gasteiger partial charge in [-0.2, -0.15) is 11.8 Å². The highest BCUT2D eigenvalue weighted by Crippen LogP contribution is 2.28. The largest absolute Gasteiger partial charge is 0.312 e. The Morgan fingerprint density at radius 3 is 2.60 bits per heavy atom. The molecule has 1 fully saturated rings. The third-order valence-corrected chi connectivity index (χ3v) is 5.37. The van der Waals surface area contributed by atoms with Gasteiger partial charge in [0, 0.05) is 17.8 Å². The van der Waals surface area contributed by atoms with Crippen LogP contribution < -0.4 is 5.32 Å². The zero-order valence-electron chi connectivity index (χ0n) is 11.0. The highest BCUT2D eigenvalue weighted by Gasteiger charge is 2.26. The summed E-state index contributed by atoms with van der Waals surface area (Å²) in [5, 5.41) is 4.57. The standard InChI is InChI=1S/C13H27NS/c1-10(2)13(4,5)9-14-12-7-6-8-15-11(12)3/h10-12,14H,6-9H2,1-5H3. The second kappa shape index (κ2) is 5.58. The number of thioether (sulfide) groups is 1. The fourth-order valence-corrected chi connectivity index (χ4v) is 2.96. The first-order valence-electron chi connectivity index (χ1n) is 6.28. The van der Waals surface area contributed by atoms with E-state index in [4.69, 9.17) is 0 Å². The summed E-state index contributed by atoms with van der Waals surface area (Å²) in [6.45, 7) is 12.9. The molecule has 0 bridgehead atoms. The van der Waals surface area contributed by atoms with Crippen LogP contribution in [-0.2, 0) is 0 Å². The minimum absolute atomic E-state index is 0.418. The van der Waals surface area contributed by atoms with Crippen LogP contribution in [0.4, 0.5) is 0 Å². The minimum atomic E-state index is 0.418. The van der Waals surface area contributed by atoms with Gasteiger partial charge < -0.3 is 5.32 Å². The number of nitrogens with one attached hydrogen (secondary N) is 1. The maximum atomic E-state index is 3.77. The quantitative estimate of drug-likeness (QED) is 0.791. The van der Waals surface area contributed by atoms with Crippen molar-refractivity contribution in [1.29, 1.82) is 0 Å². The van der Waals surface area contributed by atoms with Gasteiger partial charge in [-0.1, -0.05) is 34.6 Å². The van der Waals surface area contributed by atoms with Gasteiger partial charge in [0.15, 0.2) is 0 Å². The summed E-state index contributed by atoms with van der Waals surface area (Å²) < 4.78 is 0. The molecule has 2 atom stereocenters. The van der Waals surface area contributed by atoms with Crippen molar-refractivity contribution in [2.45, 2.75) is 58.8 Å². The third kappa shape index (κ3) is 3.99. The van der Waals surface area contributed by atoms with Gasteiger partial charge in [-0.05, 0) is 29.9 Å². The Kier molecular flexibility index (Phi) is 4.98. The zero-order chi connectivity index (χ0) is 11.5. The molecule has 0 aromatic carbocycles. The average Bonchev–Trinajstić information content (AvgIpc) is 2.16. The molecule has 2 unspecified atom stereocenters. The molecule has 0 aromatic rings. The summed E-state index contributed by atoms with van der Waals surface area (Å²) in [6.07, 6.45) is 2.75. The van der Waals surface area contributed by atoms with Crippen LogP contribution in [0.25, 0.3) is 0 Å². The summed E-state index contributed by atoms with van der Waals surface area (Å²) in [5.74, 6) is 2.10. The molecule has 0 spiro atoms. The van der Waals surface area contributed by atoms with Crippen molar-refractivity contribution in [3.05, 3.63) is 0 Å². The van der Waals surface area contributed by atoms with E-state index in [2.05, 4.69) is 51.7 Å². The first kappa shape index (κ1) is 13.4. The van der Waals surface area contributed by atoms with E-state index in [1.165, 1.54) is 18.6 Å². The minimum Gasteiger partial charge on any atom is -0.312 e. The molecule has 1 aliphatic heterocycles. The fraction of sp³-hybridized carbons (Fsp3) is 1.00. The summed E-state index contributed by atoms with van der Waals surface area (Å²) >= 11 is 2.12. The van der Waals surface area contributed by atoms with Gasteiger partial charge in [0.2, 0.25) is 0 Å². The van der Waals surface area contributed by atoms with Crippen molar-refractivity contribution < 1.29 is 0 Å². The molecular weight excluding hydrogens is 202 g/mol. The van der Waals surface area contributed by atoms with Crippen molar-refractivity contribution >= 4 is 11.8 Å². The predicted octanol–water partition coefficient (Wildman–Crippen LogP) is 3.54. The Morgan fingerprint density at radius 1 is 1.40 bits per heavy atom. The SMILES string of the molecule is CC1SCCCC1NCC(C)(C)C(C)C. The molecule has 1 heterocycles. The van der Waals surface area contributed by atoms with Crippen molar-refractivity contribution in [1.82, 2.24) is 5.32 Å². The first-order valence-corrected chi connectivity index (χ1v) is 7.33. The molecule has 1 rings (SSSR count). The number of hydrogen-bond acceptors (Lipinski definition) is 2. The molecule has 90 valence electrons. The van der Waals surface area contributed by atoms with E-state index in [1.54, 1.807) is 0 Å². The third-order valence-electron chi connectivity index (χ3n) is 3.99. The number of rotatable bonds is 4. The van der Waals surface area contributed by atoms with E-state index < -0.39 is 0 Å². The van der Waals surface area contributed by atoms with E-state index in [-0.39, 0.29) is 0 Å². The Morgan fingerprint density at radius 2 is 2.07 bits per heavy atom. The van der Waals surface area contributed by atoms with Crippen LogP contribution in [-0.4, -0.2) is 23.6 Å². The molecule has 0 saturated carbocycles. The molecule has 15 heavy (non-hydrogen) atoms. The van der Waals surface area contributed by atoms with Gasteiger partial charge in [0.25, 0.3) is 0 Å². The van der Waals surface area contributed by atoms with Gasteiger partial charge in [0.1, 0.15) is 0 Å². The van der Waals surface area contributed by atoms with Crippen molar-refractivity contribution in [3.8, 4) is 0 Å². The molecule has 1 nitrogen and oxygen atoms in total. The molecule has 0 amide bonds. The maximum Gasteiger partial charge on any atom is 0.0184 e. The zero-order valence-corrected chi connectivity index (χ0v) is 11.8. The van der Waals surface area contributed by atoms with Crippen molar-refractivity contribution in [2.75, 3.05) is 12.3 Å². The van der Waals surface area contributed by atoms with Crippen LogP contribution in [0.5, 0.6) is 0 Å². The average molecular weight is 229 g/mol. The van der Waals surface area contributed by atoms with Gasteiger partial charge >= 0.3 is 0 Å². The lowest BCUT2D eigenvalue weighted by Crippen LogP contribution is -2.44. The van der Waals surface area contributed by atoms with E-state index in [1.807, 2.05) is 0 Å². The topological polar surface area (TPSA) is 12.0 Å². The van der Waals surface area contributed by atoms with Gasteiger partial charge in [0.05, 0.1) is 0 Å². The number of hydrogen-bond donors (Lipinski definition) is 1. The van der Waals surface area contributed by atoms with Crippen LogP contribution in [0, 0.1) is 11.3 Å². The lowest BCUT2D eigenvalue weighted by atomic mass is 9.81. The van der Waals surface area contributed by atoms with Crippen LogP contribution in [0.1, 0.15) is 47.5 Å². The predicted molar refractivity (Wildman–Crippen MR) is 71.6 cm³/mol. The highest BCUT2D eigenvalue weighted by atomic mass is 32.2. The van der Waals surface area contributed by atoms with Gasteiger partial charge in [-0.15, -0.1) is 0 Å². The first-order chi connectivity index (χ1) is 6.93. The Labute approximate surface area is 99.8 Å². The van der Waals surface area contributed by atoms with E-state index in [9.17, 15) is 0 Å². The molecule has 0 aliphatic carbocycles. The van der Waals surface area contributed by atoms with Crippen LogP contribution >= 0.6 is 11.8 Å². The van der Waals surface area contributed by atoms with Crippen LogP contribution in [0.2, 0.25) is 0 Å². The molecule has 1 N–H and O–H groups in total. The molecular formula is C13H27NS. The fourth-order valence-electron chi connectivity index (χ4n) is 1.79. The van der Waals surface area contributed by atoms with Crippen LogP contribution in [0.3, 0.4) is 0 Å². The summed E-state index contributed by atoms with van der Waals surface area (Å²) in [4.78, 5) is 0. The lowest BCUT2D eigenvalue weighted by Gasteiger charge is -2.35. The Hall–Kier alpha value is 0.310. The summed E-state index contributed by atoms with van der Waals surface area (Å²) in [5.41, 5.74) is 0.418. The normalized spacial score (nSPS) is 28.4. The molecule has 2 heteroatoms. The molecule has 1 saturated heterocycles. The van der Waals surface area contributed by atoms with E-state index >= 15 is 0 Å². The smallest absolute Gasteiger partial charge is 0.0184 e. The second-order valence-corrected chi connectivity index (χ2v) is 7.33. The monoisotopic (exact) mass is 229 g/mol. The Bertz CT molecular complexity index is 189. The van der Waals surface area contributed by atoms with E-state index in [0.717, 1.165) is 23.8 Å². The van der Waals surface area contributed by atoms with E-state index in [0.29, 0.717) is 5.41 Å². The highest BCUT2D eigenvalue weighted by molar-refractivity contribution is 7.99. The summed E-state index contributed by atoms with van der Waals surface area (Å²) in [6, 6.07) is 0.738. The maximum absolute atomic E-state index is 3.77. The van der Waals surface area contributed by atoms with Crippen LogP contribution in [0.15, 0.2) is 0 Å². The van der Waals surface area contributed by atoms with Crippen molar-refractivity contribution in [2.24, 2.45) is 11.3 Å². The second-order valence-electron chi connectivity index (χ2n) is 5.85. The van der Waals surface area contributed by atoms with Gasteiger partial charge in [-0.3, -0.25) is 0 Å². The molecule has 0 aromatic heterocycles.